The molecule has 0 radical (unpaired) electrons. The smallest absolute Gasteiger partial charge is 0.303 e. The molecule has 0 saturated heterocycles. The standard InChI is InChI=1S/C23H39NO2/c1-3-4-5-6-7-19-8-10-20(11-9-19)21-12-14-23(17-24,15-13-21)18(2)16-22(25)26/h18-21H,3-16H2,1-2H3,(H,25,26)/t18-,19?,20?,21-,23-/m1/s1. The summed E-state index contributed by atoms with van der Waals surface area (Å²) in [4.78, 5) is 11.1. The molecule has 0 amide bonds. The number of hydrogen-bond acceptors (Lipinski definition) is 2. The van der Waals surface area contributed by atoms with Gasteiger partial charge in [0.15, 0.2) is 0 Å². The van der Waals surface area contributed by atoms with Gasteiger partial charge in [0.05, 0.1) is 11.5 Å². The molecule has 148 valence electrons. The fraction of sp³-hybridized carbons (Fsp3) is 0.913. The van der Waals surface area contributed by atoms with E-state index in [1.54, 1.807) is 0 Å². The number of carboxylic acid groups (broad SMARTS) is 1. The Morgan fingerprint density at radius 2 is 1.69 bits per heavy atom. The van der Waals surface area contributed by atoms with Crippen molar-refractivity contribution in [3.63, 3.8) is 0 Å². The lowest BCUT2D eigenvalue weighted by atomic mass is 9.60. The summed E-state index contributed by atoms with van der Waals surface area (Å²) in [5, 5.41) is 18.8. The molecule has 1 N–H and O–H groups in total. The van der Waals surface area contributed by atoms with E-state index in [2.05, 4.69) is 13.0 Å². The highest BCUT2D eigenvalue weighted by atomic mass is 16.4. The van der Waals surface area contributed by atoms with E-state index in [4.69, 9.17) is 5.11 Å². The molecule has 2 rings (SSSR count). The third kappa shape index (κ3) is 5.73. The summed E-state index contributed by atoms with van der Waals surface area (Å²) in [5.41, 5.74) is -0.397. The highest BCUT2D eigenvalue weighted by Gasteiger charge is 2.42. The zero-order valence-corrected chi connectivity index (χ0v) is 17.0. The zero-order chi connectivity index (χ0) is 19.0. The van der Waals surface area contributed by atoms with E-state index in [0.717, 1.165) is 43.4 Å². The van der Waals surface area contributed by atoms with Crippen LogP contribution in [-0.2, 0) is 4.79 Å². The highest BCUT2D eigenvalue weighted by Crippen LogP contribution is 2.49. The number of nitriles is 1. The van der Waals surface area contributed by atoms with E-state index in [0.29, 0.717) is 0 Å². The Balaban J connectivity index is 1.75. The molecular weight excluding hydrogens is 322 g/mol. The average Bonchev–Trinajstić information content (AvgIpc) is 2.65. The van der Waals surface area contributed by atoms with Crippen LogP contribution in [0.25, 0.3) is 0 Å². The minimum Gasteiger partial charge on any atom is -0.481 e. The van der Waals surface area contributed by atoms with Crippen LogP contribution in [-0.4, -0.2) is 11.1 Å². The van der Waals surface area contributed by atoms with Crippen LogP contribution in [0.4, 0.5) is 0 Å². The van der Waals surface area contributed by atoms with Gasteiger partial charge in [-0.05, 0) is 62.2 Å². The van der Waals surface area contributed by atoms with Crippen molar-refractivity contribution in [2.45, 2.75) is 104 Å². The predicted molar refractivity (Wildman–Crippen MR) is 106 cm³/mol. The maximum Gasteiger partial charge on any atom is 0.303 e. The van der Waals surface area contributed by atoms with Crippen LogP contribution in [0.5, 0.6) is 0 Å². The Morgan fingerprint density at radius 3 is 2.23 bits per heavy atom. The number of aliphatic carboxylic acids is 1. The Kier molecular flexibility index (Phi) is 8.45. The number of unbranched alkanes of at least 4 members (excludes halogenated alkanes) is 3. The van der Waals surface area contributed by atoms with E-state index in [1.807, 2.05) is 6.92 Å². The van der Waals surface area contributed by atoms with Gasteiger partial charge in [-0.25, -0.2) is 0 Å². The molecule has 2 saturated carbocycles. The normalized spacial score (nSPS) is 33.3. The lowest BCUT2D eigenvalue weighted by Gasteiger charge is -2.43. The summed E-state index contributed by atoms with van der Waals surface area (Å²) < 4.78 is 0. The lowest BCUT2D eigenvalue weighted by Crippen LogP contribution is -2.36. The van der Waals surface area contributed by atoms with Crippen LogP contribution in [0.2, 0.25) is 0 Å². The van der Waals surface area contributed by atoms with Gasteiger partial charge in [0.1, 0.15) is 0 Å². The molecule has 1 atom stereocenters. The first-order valence-electron chi connectivity index (χ1n) is 11.1. The molecule has 3 nitrogen and oxygen atoms in total. The van der Waals surface area contributed by atoms with Gasteiger partial charge in [-0.15, -0.1) is 0 Å². The van der Waals surface area contributed by atoms with Crippen molar-refractivity contribution in [2.75, 3.05) is 0 Å². The molecule has 0 bridgehead atoms. The maximum absolute atomic E-state index is 11.1. The number of hydrogen-bond donors (Lipinski definition) is 1. The molecule has 26 heavy (non-hydrogen) atoms. The quantitative estimate of drug-likeness (QED) is 0.472. The van der Waals surface area contributed by atoms with Crippen molar-refractivity contribution in [3.8, 4) is 6.07 Å². The van der Waals surface area contributed by atoms with E-state index >= 15 is 0 Å². The zero-order valence-electron chi connectivity index (χ0n) is 17.0. The third-order valence-electron chi connectivity index (χ3n) is 7.59. The maximum atomic E-state index is 11.1. The number of rotatable bonds is 9. The molecule has 2 aliphatic carbocycles. The van der Waals surface area contributed by atoms with Gasteiger partial charge in [-0.1, -0.05) is 58.8 Å². The Morgan fingerprint density at radius 1 is 1.08 bits per heavy atom. The van der Waals surface area contributed by atoms with E-state index in [-0.39, 0.29) is 12.3 Å². The molecule has 2 fully saturated rings. The molecule has 0 unspecified atom stereocenters. The van der Waals surface area contributed by atoms with Crippen LogP contribution < -0.4 is 0 Å². The number of nitrogens with zero attached hydrogens (tertiary/aromatic N) is 1. The van der Waals surface area contributed by atoms with Gasteiger partial charge in [0.2, 0.25) is 0 Å². The summed E-state index contributed by atoms with van der Waals surface area (Å²) in [6.07, 6.45) is 16.7. The number of carboxylic acids is 1. The summed E-state index contributed by atoms with van der Waals surface area (Å²) in [6.45, 7) is 4.24. The lowest BCUT2D eigenvalue weighted by molar-refractivity contribution is -0.139. The molecular formula is C23H39NO2. The average molecular weight is 362 g/mol. The van der Waals surface area contributed by atoms with Crippen molar-refractivity contribution in [2.24, 2.45) is 29.1 Å². The molecule has 2 aliphatic rings. The van der Waals surface area contributed by atoms with Crippen LogP contribution in [0, 0.1) is 40.4 Å². The first-order chi connectivity index (χ1) is 12.5. The summed E-state index contributed by atoms with van der Waals surface area (Å²) >= 11 is 0. The van der Waals surface area contributed by atoms with Gasteiger partial charge in [0, 0.05) is 6.42 Å². The molecule has 0 aromatic carbocycles. The fourth-order valence-electron chi connectivity index (χ4n) is 5.61. The third-order valence-corrected chi connectivity index (χ3v) is 7.59. The van der Waals surface area contributed by atoms with Crippen molar-refractivity contribution < 1.29 is 9.90 Å². The predicted octanol–water partition coefficient (Wildman–Crippen LogP) is 6.57. The fourth-order valence-corrected chi connectivity index (χ4v) is 5.61. The first-order valence-corrected chi connectivity index (χ1v) is 11.1. The minimum absolute atomic E-state index is 0.0372. The molecule has 0 aromatic rings. The highest BCUT2D eigenvalue weighted by molar-refractivity contribution is 5.67. The molecule has 0 heterocycles. The number of carbonyl (C=O) groups is 1. The van der Waals surface area contributed by atoms with Crippen molar-refractivity contribution in [1.82, 2.24) is 0 Å². The molecule has 0 aliphatic heterocycles. The second-order valence-corrected chi connectivity index (χ2v) is 9.23. The SMILES string of the molecule is CCCCCCC1CCC([C@H]2CC[C@](C#N)([C@H](C)CC(=O)O)CC2)CC1. The van der Waals surface area contributed by atoms with E-state index in [9.17, 15) is 10.1 Å². The van der Waals surface area contributed by atoms with Crippen molar-refractivity contribution in [1.29, 1.82) is 5.26 Å². The molecule has 0 aromatic heterocycles. The van der Waals surface area contributed by atoms with Crippen LogP contribution in [0.15, 0.2) is 0 Å². The first kappa shape index (κ1) is 21.3. The second-order valence-electron chi connectivity index (χ2n) is 9.23. The Hall–Kier alpha value is -1.04. The molecule has 3 heteroatoms. The summed E-state index contributed by atoms with van der Waals surface area (Å²) in [6, 6.07) is 2.52. The molecule has 0 spiro atoms. The largest absolute Gasteiger partial charge is 0.481 e. The van der Waals surface area contributed by atoms with Gasteiger partial charge >= 0.3 is 5.97 Å². The van der Waals surface area contributed by atoms with Gasteiger partial charge in [-0.3, -0.25) is 4.79 Å². The monoisotopic (exact) mass is 361 g/mol. The van der Waals surface area contributed by atoms with Gasteiger partial charge in [0.25, 0.3) is 0 Å². The van der Waals surface area contributed by atoms with Crippen molar-refractivity contribution in [3.05, 3.63) is 0 Å². The van der Waals surface area contributed by atoms with Crippen LogP contribution in [0.3, 0.4) is 0 Å². The summed E-state index contributed by atoms with van der Waals surface area (Å²) in [5.74, 6) is 1.78. The van der Waals surface area contributed by atoms with Gasteiger partial charge < -0.3 is 5.11 Å². The Bertz CT molecular complexity index is 465. The van der Waals surface area contributed by atoms with Gasteiger partial charge in [-0.2, -0.15) is 5.26 Å². The van der Waals surface area contributed by atoms with E-state index < -0.39 is 11.4 Å². The Labute approximate surface area is 160 Å². The minimum atomic E-state index is -0.772. The summed E-state index contributed by atoms with van der Waals surface area (Å²) in [7, 11) is 0. The van der Waals surface area contributed by atoms with Crippen LogP contribution >= 0.6 is 0 Å². The second kappa shape index (κ2) is 10.3. The van der Waals surface area contributed by atoms with E-state index in [1.165, 1.54) is 57.8 Å². The van der Waals surface area contributed by atoms with Crippen LogP contribution in [0.1, 0.15) is 104 Å². The van der Waals surface area contributed by atoms with Crippen molar-refractivity contribution >= 4 is 5.97 Å². The topological polar surface area (TPSA) is 61.1 Å².